The molecule has 2 atom stereocenters. The van der Waals surface area contributed by atoms with E-state index in [2.05, 4.69) is 5.32 Å². The minimum Gasteiger partial charge on any atom is -0.334 e. The zero-order chi connectivity index (χ0) is 21.4. The molecule has 2 bridgehead atoms. The number of nitrogens with zero attached hydrogens (tertiary/aromatic N) is 3. The molecule has 4 heterocycles. The molecule has 0 aliphatic carbocycles. The number of carbonyl (C=O) groups is 3. The quantitative estimate of drug-likeness (QED) is 0.746. The molecular formula is C22H26N4O3S. The molecule has 7 nitrogen and oxygen atoms in total. The van der Waals surface area contributed by atoms with Gasteiger partial charge in [-0.2, -0.15) is 0 Å². The van der Waals surface area contributed by atoms with Gasteiger partial charge >= 0.3 is 0 Å². The average Bonchev–Trinajstić information content (AvgIpc) is 3.10. The molecule has 158 valence electrons. The van der Waals surface area contributed by atoms with Crippen LogP contribution in [0, 0.1) is 0 Å². The van der Waals surface area contributed by atoms with Gasteiger partial charge in [0, 0.05) is 43.0 Å². The van der Waals surface area contributed by atoms with Crippen molar-refractivity contribution in [2.75, 3.05) is 39.0 Å². The highest BCUT2D eigenvalue weighted by Crippen LogP contribution is 2.35. The highest BCUT2D eigenvalue weighted by molar-refractivity contribution is 7.20. The Bertz CT molecular complexity index is 1020. The van der Waals surface area contributed by atoms with Crippen molar-refractivity contribution in [3.05, 3.63) is 41.3 Å². The summed E-state index contributed by atoms with van der Waals surface area (Å²) >= 11 is 1.46. The van der Waals surface area contributed by atoms with Crippen LogP contribution in [0.1, 0.15) is 23.0 Å². The van der Waals surface area contributed by atoms with Crippen LogP contribution in [-0.4, -0.2) is 78.2 Å². The molecule has 5 rings (SSSR count). The number of likely N-dealkylation sites (N-methyl/N-ethyl adjacent to an activating group) is 1. The topological polar surface area (TPSA) is 73.0 Å². The van der Waals surface area contributed by atoms with Crippen LogP contribution in [0.15, 0.2) is 36.4 Å². The number of carbonyl (C=O) groups excluding carboxylic acids is 3. The van der Waals surface area contributed by atoms with Gasteiger partial charge in [-0.05, 0) is 50.2 Å². The molecule has 0 radical (unpaired) electrons. The number of fused-ring (bicyclic) bond motifs is 3. The van der Waals surface area contributed by atoms with Crippen molar-refractivity contribution in [2.45, 2.75) is 25.4 Å². The third-order valence-electron chi connectivity index (χ3n) is 5.51. The van der Waals surface area contributed by atoms with Gasteiger partial charge in [0.15, 0.2) is 0 Å². The van der Waals surface area contributed by atoms with Crippen LogP contribution in [0.5, 0.6) is 0 Å². The largest absolute Gasteiger partial charge is 0.334 e. The van der Waals surface area contributed by atoms with E-state index in [0.717, 1.165) is 28.7 Å². The number of hydrogen-bond donors (Lipinski definition) is 1. The number of nitrogens with one attached hydrogen (secondary N) is 1. The molecule has 0 spiro atoms. The summed E-state index contributed by atoms with van der Waals surface area (Å²) in [6.45, 7) is 3.36. The van der Waals surface area contributed by atoms with Crippen LogP contribution in [0.25, 0.3) is 10.1 Å². The van der Waals surface area contributed by atoms with E-state index < -0.39 is 0 Å². The highest BCUT2D eigenvalue weighted by atomic mass is 32.1. The fraction of sp³-hybridized carbons (Fsp3) is 0.409. The number of benzene rings is 1. The monoisotopic (exact) mass is 426 g/mol. The number of thiophene rings is 1. The van der Waals surface area contributed by atoms with Crippen molar-refractivity contribution in [1.82, 2.24) is 14.7 Å². The predicted octanol–water partition coefficient (Wildman–Crippen LogP) is 2.40. The first kappa shape index (κ1) is 20.6. The maximum Gasteiger partial charge on any atom is 0.264 e. The lowest BCUT2D eigenvalue weighted by molar-refractivity contribution is -0.146. The van der Waals surface area contributed by atoms with E-state index in [1.807, 2.05) is 59.1 Å². The Morgan fingerprint density at radius 1 is 1.20 bits per heavy atom. The fourth-order valence-electron chi connectivity index (χ4n) is 4.17. The number of rotatable bonds is 5. The van der Waals surface area contributed by atoms with Crippen molar-refractivity contribution < 1.29 is 14.4 Å². The first-order valence-electron chi connectivity index (χ1n) is 10.1. The van der Waals surface area contributed by atoms with Gasteiger partial charge in [0.1, 0.15) is 0 Å². The molecule has 3 amide bonds. The van der Waals surface area contributed by atoms with Crippen LogP contribution in [0.2, 0.25) is 0 Å². The number of hydrogen-bond acceptors (Lipinski definition) is 5. The second kappa shape index (κ2) is 8.20. The molecule has 30 heavy (non-hydrogen) atoms. The first-order chi connectivity index (χ1) is 14.3. The number of piperazine rings is 1. The maximum absolute atomic E-state index is 13.1. The van der Waals surface area contributed by atoms with Gasteiger partial charge in [-0.15, -0.1) is 11.3 Å². The summed E-state index contributed by atoms with van der Waals surface area (Å²) < 4.78 is 1.01. The normalized spacial score (nSPS) is 20.7. The molecule has 3 fully saturated rings. The molecular weight excluding hydrogens is 400 g/mol. The van der Waals surface area contributed by atoms with Crippen molar-refractivity contribution in [2.24, 2.45) is 0 Å². The molecule has 8 heteroatoms. The lowest BCUT2D eigenvalue weighted by atomic mass is 9.87. The van der Waals surface area contributed by atoms with Crippen molar-refractivity contribution >= 4 is 44.8 Å². The third kappa shape index (κ3) is 4.11. The Morgan fingerprint density at radius 2 is 1.93 bits per heavy atom. The summed E-state index contributed by atoms with van der Waals surface area (Å²) in [7, 11) is 3.93. The Hall–Kier alpha value is -2.71. The smallest absolute Gasteiger partial charge is 0.264 e. The van der Waals surface area contributed by atoms with Crippen LogP contribution in [0.4, 0.5) is 5.69 Å². The van der Waals surface area contributed by atoms with E-state index in [9.17, 15) is 14.4 Å². The predicted molar refractivity (Wildman–Crippen MR) is 119 cm³/mol. The second-order valence-electron chi connectivity index (χ2n) is 8.21. The molecule has 3 aliphatic rings. The molecule has 1 N–H and O–H groups in total. The SMILES string of the molecule is CC(=O)Nc1ccc2sc(C(=O)N3CC4CC(C3)N4C(=O)/C=C/CN(C)C)cc2c1. The van der Waals surface area contributed by atoms with Gasteiger partial charge in [0.25, 0.3) is 5.91 Å². The van der Waals surface area contributed by atoms with Crippen molar-refractivity contribution in [3.63, 3.8) is 0 Å². The fourth-order valence-corrected chi connectivity index (χ4v) is 5.18. The Kier molecular flexibility index (Phi) is 5.62. The van der Waals surface area contributed by atoms with Gasteiger partial charge in [-0.1, -0.05) is 6.08 Å². The van der Waals surface area contributed by atoms with E-state index in [4.69, 9.17) is 0 Å². The van der Waals surface area contributed by atoms with E-state index >= 15 is 0 Å². The lowest BCUT2D eigenvalue weighted by Crippen LogP contribution is -2.70. The zero-order valence-electron chi connectivity index (χ0n) is 17.4. The Labute approximate surface area is 179 Å². The summed E-state index contributed by atoms with van der Waals surface area (Å²) in [6.07, 6.45) is 4.49. The summed E-state index contributed by atoms with van der Waals surface area (Å²) in [4.78, 5) is 43.3. The van der Waals surface area contributed by atoms with Crippen LogP contribution < -0.4 is 5.32 Å². The third-order valence-corrected chi connectivity index (χ3v) is 6.62. The second-order valence-corrected chi connectivity index (χ2v) is 9.29. The van der Waals surface area contributed by atoms with Gasteiger partial charge < -0.3 is 20.0 Å². The molecule has 2 aromatic rings. The molecule has 0 saturated carbocycles. The number of amides is 3. The Balaban J connectivity index is 1.42. The molecule has 2 unspecified atom stereocenters. The molecule has 1 aromatic carbocycles. The standard InChI is InChI=1S/C22H26N4O3S/c1-14(27)23-16-6-7-19-15(9-16)10-20(30-19)22(29)25-12-17-11-18(13-25)26(17)21(28)5-4-8-24(2)3/h4-7,9-10,17-18H,8,11-13H2,1-3H3,(H,23,27)/b5-4+. The van der Waals surface area contributed by atoms with Gasteiger partial charge in [-0.3, -0.25) is 14.4 Å². The van der Waals surface area contributed by atoms with E-state index in [0.29, 0.717) is 18.0 Å². The summed E-state index contributed by atoms with van der Waals surface area (Å²) in [5.74, 6) is -0.0659. The Morgan fingerprint density at radius 3 is 2.60 bits per heavy atom. The van der Waals surface area contributed by atoms with Gasteiger partial charge in [0.05, 0.1) is 17.0 Å². The minimum absolute atomic E-state index is 0.0159. The summed E-state index contributed by atoms with van der Waals surface area (Å²) in [5.41, 5.74) is 0.725. The highest BCUT2D eigenvalue weighted by Gasteiger charge is 2.47. The van der Waals surface area contributed by atoms with E-state index in [-0.39, 0.29) is 29.8 Å². The minimum atomic E-state index is -0.121. The average molecular weight is 427 g/mol. The van der Waals surface area contributed by atoms with Gasteiger partial charge in [0.2, 0.25) is 11.8 Å². The van der Waals surface area contributed by atoms with Crippen molar-refractivity contribution in [1.29, 1.82) is 0 Å². The number of anilines is 1. The van der Waals surface area contributed by atoms with E-state index in [1.54, 1.807) is 6.08 Å². The molecule has 3 saturated heterocycles. The maximum atomic E-state index is 13.1. The zero-order valence-corrected chi connectivity index (χ0v) is 18.2. The lowest BCUT2D eigenvalue weighted by Gasteiger charge is -2.55. The molecule has 1 aromatic heterocycles. The van der Waals surface area contributed by atoms with Crippen LogP contribution >= 0.6 is 11.3 Å². The summed E-state index contributed by atoms with van der Waals surface area (Å²) in [5, 5.41) is 3.72. The van der Waals surface area contributed by atoms with Crippen molar-refractivity contribution in [3.8, 4) is 0 Å². The van der Waals surface area contributed by atoms with Gasteiger partial charge in [-0.25, -0.2) is 0 Å². The number of piperidine rings is 1. The van der Waals surface area contributed by atoms with Crippen LogP contribution in [0.3, 0.4) is 0 Å². The summed E-state index contributed by atoms with van der Waals surface area (Å²) in [6, 6.07) is 7.75. The first-order valence-corrected chi connectivity index (χ1v) is 10.9. The molecule has 3 aliphatic heterocycles. The van der Waals surface area contributed by atoms with Crippen LogP contribution in [-0.2, 0) is 9.59 Å². The van der Waals surface area contributed by atoms with E-state index in [1.165, 1.54) is 18.3 Å².